The van der Waals surface area contributed by atoms with Crippen LogP contribution in [-0.2, 0) is 9.47 Å². The molecule has 1 amide bonds. The van der Waals surface area contributed by atoms with E-state index in [0.29, 0.717) is 10.6 Å². The molecule has 0 aliphatic carbocycles. The molecule has 1 aromatic carbocycles. The van der Waals surface area contributed by atoms with Crippen molar-refractivity contribution < 1.29 is 28.3 Å². The molecule has 0 aliphatic heterocycles. The maximum Gasteiger partial charge on any atom is 0.343 e. The zero-order valence-corrected chi connectivity index (χ0v) is 18.9. The van der Waals surface area contributed by atoms with E-state index < -0.39 is 17.8 Å². The zero-order valence-electron chi connectivity index (χ0n) is 18.1. The number of nitrogens with one attached hydrogen (secondary N) is 1. The Bertz CT molecular complexity index is 1210. The Hall–Kier alpha value is -3.92. The van der Waals surface area contributed by atoms with Crippen molar-refractivity contribution in [3.8, 4) is 11.4 Å². The lowest BCUT2D eigenvalue weighted by molar-refractivity contribution is 0.0514. The molecule has 2 aromatic heterocycles. The Morgan fingerprint density at radius 3 is 2.30 bits per heavy atom. The van der Waals surface area contributed by atoms with Crippen LogP contribution in [0, 0.1) is 6.92 Å². The van der Waals surface area contributed by atoms with Crippen molar-refractivity contribution in [2.24, 2.45) is 5.73 Å². The normalized spacial score (nSPS) is 10.5. The van der Waals surface area contributed by atoms with Crippen LogP contribution >= 0.6 is 11.6 Å². The smallest absolute Gasteiger partial charge is 0.343 e. The molecule has 0 saturated heterocycles. The van der Waals surface area contributed by atoms with E-state index >= 15 is 0 Å². The van der Waals surface area contributed by atoms with E-state index in [1.165, 1.54) is 13.1 Å². The molecule has 0 spiro atoms. The summed E-state index contributed by atoms with van der Waals surface area (Å²) in [6.45, 7) is 4.97. The lowest BCUT2D eigenvalue weighted by atomic mass is 10.1. The second-order valence-corrected chi connectivity index (χ2v) is 7.07. The summed E-state index contributed by atoms with van der Waals surface area (Å²) in [6.07, 6.45) is 1.28. The minimum Gasteiger partial charge on any atom is -0.462 e. The second kappa shape index (κ2) is 10.1. The van der Waals surface area contributed by atoms with Gasteiger partial charge in [0.15, 0.2) is 11.6 Å². The SMILES string of the molecule is CCOC(=O)c1cnc(-c2ccc(Cl)cc2)nc1Nc1oc(C)c(C(=O)OCC)c1C(N)=O. The van der Waals surface area contributed by atoms with Gasteiger partial charge in [-0.3, -0.25) is 4.79 Å². The largest absolute Gasteiger partial charge is 0.462 e. The Morgan fingerprint density at radius 2 is 1.70 bits per heavy atom. The topological polar surface area (TPSA) is 147 Å². The van der Waals surface area contributed by atoms with E-state index in [-0.39, 0.29) is 53.2 Å². The van der Waals surface area contributed by atoms with Gasteiger partial charge in [0.25, 0.3) is 5.91 Å². The van der Waals surface area contributed by atoms with Gasteiger partial charge in [-0.25, -0.2) is 19.6 Å². The van der Waals surface area contributed by atoms with Crippen molar-refractivity contribution in [3.05, 3.63) is 57.9 Å². The van der Waals surface area contributed by atoms with Gasteiger partial charge in [0.05, 0.1) is 13.2 Å². The Kier molecular flexibility index (Phi) is 7.29. The number of benzene rings is 1. The summed E-state index contributed by atoms with van der Waals surface area (Å²) in [5, 5.41) is 3.32. The average molecular weight is 473 g/mol. The van der Waals surface area contributed by atoms with Crippen LogP contribution in [0.4, 0.5) is 11.7 Å². The molecule has 0 fully saturated rings. The number of aryl methyl sites for hydroxylation is 1. The van der Waals surface area contributed by atoms with Gasteiger partial charge in [0.1, 0.15) is 22.5 Å². The molecule has 3 N–H and O–H groups in total. The van der Waals surface area contributed by atoms with E-state index in [4.69, 9.17) is 31.2 Å². The van der Waals surface area contributed by atoms with E-state index in [0.717, 1.165) is 0 Å². The third-order valence-electron chi connectivity index (χ3n) is 4.43. The molecule has 3 aromatic rings. The predicted octanol–water partition coefficient (Wildman–Crippen LogP) is 3.89. The molecule has 10 nitrogen and oxygen atoms in total. The van der Waals surface area contributed by atoms with Crippen LogP contribution in [0.25, 0.3) is 11.4 Å². The van der Waals surface area contributed by atoms with Crippen LogP contribution in [0.15, 0.2) is 34.9 Å². The number of nitrogens with zero attached hydrogens (tertiary/aromatic N) is 2. The van der Waals surface area contributed by atoms with Gasteiger partial charge < -0.3 is 24.9 Å². The average Bonchev–Trinajstić information content (AvgIpc) is 3.10. The summed E-state index contributed by atoms with van der Waals surface area (Å²) in [4.78, 5) is 45.6. The fourth-order valence-corrected chi connectivity index (χ4v) is 3.12. The van der Waals surface area contributed by atoms with Gasteiger partial charge in [-0.15, -0.1) is 0 Å². The summed E-state index contributed by atoms with van der Waals surface area (Å²) < 4.78 is 15.7. The van der Waals surface area contributed by atoms with E-state index in [1.54, 1.807) is 38.1 Å². The van der Waals surface area contributed by atoms with Crippen molar-refractivity contribution in [2.45, 2.75) is 20.8 Å². The number of furan rings is 1. The molecule has 0 bridgehead atoms. The highest BCUT2D eigenvalue weighted by atomic mass is 35.5. The Balaban J connectivity index is 2.12. The van der Waals surface area contributed by atoms with Gasteiger partial charge in [-0.2, -0.15) is 0 Å². The number of carbonyl (C=O) groups is 3. The molecule has 3 rings (SSSR count). The van der Waals surface area contributed by atoms with E-state index in [9.17, 15) is 14.4 Å². The Labute approximate surface area is 194 Å². The minimum absolute atomic E-state index is 0.0138. The molecule has 0 radical (unpaired) electrons. The number of rotatable bonds is 8. The predicted molar refractivity (Wildman–Crippen MR) is 120 cm³/mol. The van der Waals surface area contributed by atoms with Crippen LogP contribution < -0.4 is 11.1 Å². The van der Waals surface area contributed by atoms with Crippen LogP contribution in [0.2, 0.25) is 5.02 Å². The van der Waals surface area contributed by atoms with Gasteiger partial charge >= 0.3 is 11.9 Å². The molecule has 0 unspecified atom stereocenters. The number of hydrogen-bond donors (Lipinski definition) is 2. The zero-order chi connectivity index (χ0) is 24.1. The lowest BCUT2D eigenvalue weighted by Crippen LogP contribution is -2.18. The fraction of sp³-hybridized carbons (Fsp3) is 0.227. The lowest BCUT2D eigenvalue weighted by Gasteiger charge is -2.11. The molecule has 0 atom stereocenters. The third-order valence-corrected chi connectivity index (χ3v) is 4.68. The third kappa shape index (κ3) is 5.12. The highest BCUT2D eigenvalue weighted by molar-refractivity contribution is 6.30. The number of esters is 2. The quantitative estimate of drug-likeness (QED) is 0.466. The number of carbonyl (C=O) groups excluding carboxylic acids is 3. The van der Waals surface area contributed by atoms with E-state index in [1.807, 2.05) is 0 Å². The van der Waals surface area contributed by atoms with Gasteiger partial charge in [-0.1, -0.05) is 11.6 Å². The maximum atomic E-state index is 12.5. The summed E-state index contributed by atoms with van der Waals surface area (Å²) in [7, 11) is 0. The number of ether oxygens (including phenoxy) is 2. The first-order chi connectivity index (χ1) is 15.8. The van der Waals surface area contributed by atoms with Gasteiger partial charge in [-0.05, 0) is 45.0 Å². The Morgan fingerprint density at radius 1 is 1.06 bits per heavy atom. The first-order valence-electron chi connectivity index (χ1n) is 9.94. The molecule has 2 heterocycles. The monoisotopic (exact) mass is 472 g/mol. The van der Waals surface area contributed by atoms with Crippen LogP contribution in [0.3, 0.4) is 0 Å². The number of hydrogen-bond acceptors (Lipinski definition) is 9. The summed E-state index contributed by atoms with van der Waals surface area (Å²) >= 11 is 5.94. The molecule has 33 heavy (non-hydrogen) atoms. The van der Waals surface area contributed by atoms with Gasteiger partial charge in [0, 0.05) is 16.8 Å². The van der Waals surface area contributed by atoms with E-state index in [2.05, 4.69) is 15.3 Å². The summed E-state index contributed by atoms with van der Waals surface area (Å²) in [6, 6.07) is 6.74. The number of halogens is 1. The minimum atomic E-state index is -0.929. The molecule has 11 heteroatoms. The number of amides is 1. The molecule has 0 saturated carbocycles. The van der Waals surface area contributed by atoms with Crippen LogP contribution in [-0.4, -0.2) is 41.0 Å². The number of aromatic nitrogens is 2. The van der Waals surface area contributed by atoms with Crippen molar-refractivity contribution in [1.29, 1.82) is 0 Å². The highest BCUT2D eigenvalue weighted by Gasteiger charge is 2.29. The summed E-state index contributed by atoms with van der Waals surface area (Å²) in [5.74, 6) is -2.21. The second-order valence-electron chi connectivity index (χ2n) is 6.63. The standard InChI is InChI=1S/C22H21ClN4O6/c1-4-31-21(29)14-10-25-18(12-6-8-13(23)9-7-12)26-19(14)27-20-16(17(24)28)15(11(3)33-20)22(30)32-5-2/h6-10H,4-5H2,1-3H3,(H2,24,28)(H,25,26,27). The number of anilines is 2. The molecular weight excluding hydrogens is 452 g/mol. The molecule has 0 aliphatic rings. The first kappa shape index (κ1) is 23.7. The van der Waals surface area contributed by atoms with Crippen molar-refractivity contribution in [2.75, 3.05) is 18.5 Å². The number of nitrogens with two attached hydrogens (primary N) is 1. The van der Waals surface area contributed by atoms with Crippen LogP contribution in [0.5, 0.6) is 0 Å². The fourth-order valence-electron chi connectivity index (χ4n) is 3.00. The number of primary amides is 1. The molecule has 172 valence electrons. The highest BCUT2D eigenvalue weighted by Crippen LogP contribution is 2.31. The van der Waals surface area contributed by atoms with Crippen LogP contribution in [0.1, 0.15) is 50.7 Å². The first-order valence-corrected chi connectivity index (χ1v) is 10.3. The van der Waals surface area contributed by atoms with Gasteiger partial charge in [0.2, 0.25) is 5.88 Å². The maximum absolute atomic E-state index is 12.5. The van der Waals surface area contributed by atoms with Crippen molar-refractivity contribution in [1.82, 2.24) is 9.97 Å². The van der Waals surface area contributed by atoms with Crippen molar-refractivity contribution >= 4 is 41.1 Å². The van der Waals surface area contributed by atoms with Crippen molar-refractivity contribution in [3.63, 3.8) is 0 Å². The summed E-state index contributed by atoms with van der Waals surface area (Å²) in [5.41, 5.74) is 5.77. The molecular formula is C22H21ClN4O6.